The van der Waals surface area contributed by atoms with Gasteiger partial charge in [-0.25, -0.2) is 0 Å². The van der Waals surface area contributed by atoms with Crippen molar-refractivity contribution in [1.82, 2.24) is 4.98 Å². The Balaban J connectivity index is 1.96. The molecular weight excluding hydrogens is 350 g/mol. The highest BCUT2D eigenvalue weighted by molar-refractivity contribution is 9.09. The van der Waals surface area contributed by atoms with Gasteiger partial charge in [0.25, 0.3) is 0 Å². The Morgan fingerprint density at radius 1 is 1.38 bits per heavy atom. The number of nitrogens with zero attached hydrogens (tertiary/aromatic N) is 1. The van der Waals surface area contributed by atoms with E-state index in [1.807, 2.05) is 35.9 Å². The molecule has 3 heterocycles. The van der Waals surface area contributed by atoms with E-state index in [0.29, 0.717) is 22.1 Å². The fourth-order valence-electron chi connectivity index (χ4n) is 2.42. The van der Waals surface area contributed by atoms with Gasteiger partial charge in [-0.15, -0.1) is 11.3 Å². The summed E-state index contributed by atoms with van der Waals surface area (Å²) >= 11 is 5.15. The fourth-order valence-corrected chi connectivity index (χ4v) is 3.67. The topological polar surface area (TPSA) is 43.1 Å². The number of hydrogen-bond acceptors (Lipinski definition) is 4. The van der Waals surface area contributed by atoms with Crippen LogP contribution in [0.2, 0.25) is 0 Å². The summed E-state index contributed by atoms with van der Waals surface area (Å²) in [6, 6.07) is 5.51. The molecule has 1 atom stereocenters. The van der Waals surface area contributed by atoms with Crippen LogP contribution < -0.4 is 16.1 Å². The van der Waals surface area contributed by atoms with Crippen LogP contribution in [0.15, 0.2) is 39.0 Å². The summed E-state index contributed by atoms with van der Waals surface area (Å²) in [5.74, 6) is 0.520. The third-order valence-electron chi connectivity index (χ3n) is 3.48. The van der Waals surface area contributed by atoms with E-state index in [2.05, 4.69) is 20.9 Å². The number of halogens is 1. The minimum Gasteiger partial charge on any atom is -0.455 e. The van der Waals surface area contributed by atoms with Gasteiger partial charge < -0.3 is 4.42 Å². The summed E-state index contributed by atoms with van der Waals surface area (Å²) in [5, 5.41) is 3.76. The van der Waals surface area contributed by atoms with Gasteiger partial charge in [0.1, 0.15) is 11.1 Å². The lowest BCUT2D eigenvalue weighted by molar-refractivity contribution is 0.518. The normalized spacial score (nSPS) is 17.1. The van der Waals surface area contributed by atoms with Crippen molar-refractivity contribution in [1.29, 1.82) is 0 Å². The van der Waals surface area contributed by atoms with Gasteiger partial charge in [-0.05, 0) is 30.0 Å². The number of aromatic nitrogens is 1. The summed E-state index contributed by atoms with van der Waals surface area (Å²) in [6.45, 7) is 0. The lowest BCUT2D eigenvalue weighted by atomic mass is 10.1. The van der Waals surface area contributed by atoms with Crippen LogP contribution in [-0.2, 0) is 0 Å². The van der Waals surface area contributed by atoms with Crippen LogP contribution in [0, 0.1) is 0 Å². The Morgan fingerprint density at radius 3 is 3.19 bits per heavy atom. The lowest BCUT2D eigenvalue weighted by Gasteiger charge is -2.06. The molecule has 0 aromatic carbocycles. The first kappa shape index (κ1) is 13.0. The standard InChI is InChI=1S/C16H10BrNO2S/c17-10-1-2-14-11(5-10)13(19)7-15(20-14)12-6-16-9(8-18-12)3-4-21-16/h2-8,10H,1H2. The third-order valence-corrected chi connectivity index (χ3v) is 5.00. The van der Waals surface area contributed by atoms with Gasteiger partial charge in [-0.3, -0.25) is 9.78 Å². The molecule has 3 aromatic heterocycles. The zero-order valence-corrected chi connectivity index (χ0v) is 13.3. The SMILES string of the molecule is O=c1cc(-c2cc3sccc3cn2)oc2c1=CC(Br)CC=2. The first-order valence-electron chi connectivity index (χ1n) is 6.54. The summed E-state index contributed by atoms with van der Waals surface area (Å²) in [6.07, 6.45) is 6.48. The summed E-state index contributed by atoms with van der Waals surface area (Å²) in [4.78, 5) is 16.8. The molecule has 3 nitrogen and oxygen atoms in total. The molecule has 104 valence electrons. The predicted octanol–water partition coefficient (Wildman–Crippen LogP) is 2.64. The van der Waals surface area contributed by atoms with Crippen LogP contribution in [0.1, 0.15) is 6.42 Å². The molecule has 1 aliphatic rings. The molecule has 5 heteroatoms. The van der Waals surface area contributed by atoms with Crippen molar-refractivity contribution in [2.24, 2.45) is 0 Å². The molecular formula is C16H10BrNO2S. The maximum Gasteiger partial charge on any atom is 0.193 e. The summed E-state index contributed by atoms with van der Waals surface area (Å²) < 4.78 is 7.01. The second-order valence-electron chi connectivity index (χ2n) is 4.90. The van der Waals surface area contributed by atoms with E-state index in [1.54, 1.807) is 11.3 Å². The van der Waals surface area contributed by atoms with Crippen molar-refractivity contribution < 1.29 is 4.42 Å². The monoisotopic (exact) mass is 359 g/mol. The van der Waals surface area contributed by atoms with Gasteiger partial charge in [-0.2, -0.15) is 0 Å². The Kier molecular flexibility index (Phi) is 3.05. The van der Waals surface area contributed by atoms with E-state index in [9.17, 15) is 4.79 Å². The molecule has 0 N–H and O–H groups in total. The van der Waals surface area contributed by atoms with Crippen molar-refractivity contribution in [3.05, 3.63) is 50.6 Å². The Morgan fingerprint density at radius 2 is 2.29 bits per heavy atom. The van der Waals surface area contributed by atoms with E-state index in [1.165, 1.54) is 6.07 Å². The molecule has 0 amide bonds. The highest BCUT2D eigenvalue weighted by Crippen LogP contribution is 2.24. The van der Waals surface area contributed by atoms with E-state index >= 15 is 0 Å². The molecule has 0 fully saturated rings. The highest BCUT2D eigenvalue weighted by atomic mass is 79.9. The molecule has 1 unspecified atom stereocenters. The van der Waals surface area contributed by atoms with Gasteiger partial charge in [0.2, 0.25) is 0 Å². The minimum absolute atomic E-state index is 0.0280. The third kappa shape index (κ3) is 2.26. The fraction of sp³-hybridized carbons (Fsp3) is 0.125. The largest absolute Gasteiger partial charge is 0.455 e. The first-order chi connectivity index (χ1) is 10.2. The van der Waals surface area contributed by atoms with Crippen LogP contribution in [0.25, 0.3) is 33.7 Å². The number of pyridine rings is 1. The van der Waals surface area contributed by atoms with Crippen molar-refractivity contribution in [2.75, 3.05) is 0 Å². The van der Waals surface area contributed by atoms with Gasteiger partial charge >= 0.3 is 0 Å². The molecule has 0 bridgehead atoms. The second-order valence-corrected chi connectivity index (χ2v) is 7.03. The first-order valence-corrected chi connectivity index (χ1v) is 8.34. The molecule has 1 aliphatic carbocycles. The Labute approximate surface area is 132 Å². The molecule has 0 saturated carbocycles. The summed E-state index contributed by atoms with van der Waals surface area (Å²) in [5.41, 5.74) is 1.31. The number of thiophene rings is 1. The van der Waals surface area contributed by atoms with Gasteiger partial charge in [0.15, 0.2) is 11.2 Å². The van der Waals surface area contributed by atoms with Crippen molar-refractivity contribution in [3.63, 3.8) is 0 Å². The van der Waals surface area contributed by atoms with Crippen LogP contribution in [0.5, 0.6) is 0 Å². The van der Waals surface area contributed by atoms with E-state index in [4.69, 9.17) is 4.42 Å². The Hall–Kier alpha value is -1.72. The zero-order valence-electron chi connectivity index (χ0n) is 10.9. The highest BCUT2D eigenvalue weighted by Gasteiger charge is 2.11. The molecule has 0 radical (unpaired) electrons. The van der Waals surface area contributed by atoms with E-state index in [0.717, 1.165) is 16.5 Å². The molecule has 0 aliphatic heterocycles. The molecule has 21 heavy (non-hydrogen) atoms. The molecule has 0 saturated heterocycles. The maximum absolute atomic E-state index is 12.3. The van der Waals surface area contributed by atoms with E-state index < -0.39 is 0 Å². The quantitative estimate of drug-likeness (QED) is 0.627. The average Bonchev–Trinajstić information content (AvgIpc) is 2.95. The van der Waals surface area contributed by atoms with Gasteiger partial charge in [0.05, 0.1) is 5.22 Å². The molecule has 0 spiro atoms. The smallest absolute Gasteiger partial charge is 0.193 e. The van der Waals surface area contributed by atoms with E-state index in [-0.39, 0.29) is 10.3 Å². The predicted molar refractivity (Wildman–Crippen MR) is 89.1 cm³/mol. The van der Waals surface area contributed by atoms with Gasteiger partial charge in [0, 0.05) is 27.2 Å². The van der Waals surface area contributed by atoms with Crippen molar-refractivity contribution in [3.8, 4) is 11.5 Å². The van der Waals surface area contributed by atoms with Crippen LogP contribution in [0.3, 0.4) is 0 Å². The number of rotatable bonds is 1. The van der Waals surface area contributed by atoms with Gasteiger partial charge in [-0.1, -0.05) is 22.0 Å². The van der Waals surface area contributed by atoms with Crippen LogP contribution >= 0.6 is 27.3 Å². The lowest BCUT2D eigenvalue weighted by Crippen LogP contribution is -2.41. The summed E-state index contributed by atoms with van der Waals surface area (Å²) in [7, 11) is 0. The molecule has 3 aromatic rings. The maximum atomic E-state index is 12.3. The zero-order chi connectivity index (χ0) is 14.4. The van der Waals surface area contributed by atoms with Crippen LogP contribution in [0.4, 0.5) is 0 Å². The number of fused-ring (bicyclic) bond motifs is 2. The number of hydrogen-bond donors (Lipinski definition) is 0. The van der Waals surface area contributed by atoms with Crippen molar-refractivity contribution >= 4 is 49.5 Å². The second kappa shape index (κ2) is 4.93. The number of alkyl halides is 1. The Bertz CT molecular complexity index is 1020. The molecule has 4 rings (SSSR count). The minimum atomic E-state index is -0.0280. The van der Waals surface area contributed by atoms with Crippen molar-refractivity contribution in [2.45, 2.75) is 11.2 Å². The average molecular weight is 360 g/mol. The van der Waals surface area contributed by atoms with Crippen LogP contribution in [-0.4, -0.2) is 9.81 Å².